The van der Waals surface area contributed by atoms with Crippen molar-refractivity contribution in [2.75, 3.05) is 11.5 Å². The molecule has 8 heteroatoms. The maximum Gasteiger partial charge on any atom is 0.224 e. The van der Waals surface area contributed by atoms with Crippen LogP contribution in [-0.4, -0.2) is 37.2 Å². The van der Waals surface area contributed by atoms with Gasteiger partial charge in [-0.25, -0.2) is 17.2 Å². The van der Waals surface area contributed by atoms with Gasteiger partial charge in [-0.05, 0) is 6.07 Å². The second-order valence-corrected chi connectivity index (χ2v) is 7.37. The highest BCUT2D eigenvalue weighted by atomic mass is 35.5. The highest BCUT2D eigenvalue weighted by molar-refractivity contribution is 7.91. The first-order valence-electron chi connectivity index (χ1n) is 5.85. The van der Waals surface area contributed by atoms with Crippen molar-refractivity contribution >= 4 is 27.3 Å². The normalized spacial score (nSPS) is 24.6. The van der Waals surface area contributed by atoms with Crippen molar-refractivity contribution in [1.29, 1.82) is 0 Å². The Morgan fingerprint density at radius 1 is 1.35 bits per heavy atom. The Morgan fingerprint density at radius 3 is 2.65 bits per heavy atom. The minimum Gasteiger partial charge on any atom is -0.351 e. The van der Waals surface area contributed by atoms with Crippen LogP contribution >= 0.6 is 11.6 Å². The molecule has 1 amide bonds. The molecule has 2 unspecified atom stereocenters. The number of hydrogen-bond acceptors (Lipinski definition) is 3. The predicted molar refractivity (Wildman–Crippen MR) is 70.3 cm³/mol. The van der Waals surface area contributed by atoms with E-state index in [0.29, 0.717) is 0 Å². The van der Waals surface area contributed by atoms with Crippen molar-refractivity contribution in [2.45, 2.75) is 17.8 Å². The highest BCUT2D eigenvalue weighted by Crippen LogP contribution is 2.18. The Hall–Kier alpha value is -1.21. The van der Waals surface area contributed by atoms with E-state index in [9.17, 15) is 22.0 Å². The fraction of sp³-hybridized carbons (Fsp3) is 0.417. The van der Waals surface area contributed by atoms with Gasteiger partial charge in [0.05, 0.1) is 29.3 Å². The maximum absolute atomic E-state index is 13.4. The first-order chi connectivity index (χ1) is 9.28. The molecule has 1 saturated heterocycles. The van der Waals surface area contributed by atoms with E-state index in [1.165, 1.54) is 12.1 Å². The van der Waals surface area contributed by atoms with E-state index < -0.39 is 38.8 Å². The van der Waals surface area contributed by atoms with Crippen LogP contribution in [0.3, 0.4) is 0 Å². The van der Waals surface area contributed by atoms with Gasteiger partial charge in [-0.2, -0.15) is 0 Å². The van der Waals surface area contributed by atoms with Gasteiger partial charge in [0.2, 0.25) is 5.91 Å². The molecular formula is C12H12ClF2NO3S. The molecule has 110 valence electrons. The van der Waals surface area contributed by atoms with Crippen LogP contribution < -0.4 is 5.32 Å². The van der Waals surface area contributed by atoms with E-state index in [1.54, 1.807) is 0 Å². The average molecular weight is 324 g/mol. The third-order valence-electron chi connectivity index (χ3n) is 3.01. The Morgan fingerprint density at radius 2 is 2.05 bits per heavy atom. The van der Waals surface area contributed by atoms with Crippen molar-refractivity contribution in [3.63, 3.8) is 0 Å². The summed E-state index contributed by atoms with van der Waals surface area (Å²) in [5.74, 6) is -3.15. The number of amides is 1. The van der Waals surface area contributed by atoms with Gasteiger partial charge < -0.3 is 5.32 Å². The Kier molecular flexibility index (Phi) is 4.29. The van der Waals surface area contributed by atoms with Crippen LogP contribution in [0.15, 0.2) is 18.2 Å². The molecule has 2 atom stereocenters. The Labute approximate surface area is 120 Å². The average Bonchev–Trinajstić information content (AvgIpc) is 2.58. The molecule has 1 fully saturated rings. The number of halogens is 3. The number of alkyl halides is 1. The monoisotopic (exact) mass is 323 g/mol. The molecule has 0 aromatic heterocycles. The molecule has 1 aromatic rings. The highest BCUT2D eigenvalue weighted by Gasteiger charge is 2.37. The van der Waals surface area contributed by atoms with E-state index >= 15 is 0 Å². The Balaban J connectivity index is 2.02. The van der Waals surface area contributed by atoms with Gasteiger partial charge in [0.25, 0.3) is 0 Å². The third kappa shape index (κ3) is 3.46. The van der Waals surface area contributed by atoms with E-state index in [0.717, 1.165) is 6.07 Å². The van der Waals surface area contributed by atoms with Gasteiger partial charge in [-0.3, -0.25) is 4.79 Å². The fourth-order valence-electron chi connectivity index (χ4n) is 2.05. The predicted octanol–water partition coefficient (Wildman–Crippen LogP) is 1.03. The van der Waals surface area contributed by atoms with Gasteiger partial charge in [-0.1, -0.05) is 12.1 Å². The summed E-state index contributed by atoms with van der Waals surface area (Å²) in [7, 11) is -3.26. The summed E-state index contributed by atoms with van der Waals surface area (Å²) >= 11 is 5.84. The van der Waals surface area contributed by atoms with Crippen LogP contribution in [0.4, 0.5) is 8.78 Å². The van der Waals surface area contributed by atoms with Gasteiger partial charge in [0.15, 0.2) is 21.5 Å². The van der Waals surface area contributed by atoms with Crippen LogP contribution in [0.1, 0.15) is 5.56 Å². The smallest absolute Gasteiger partial charge is 0.224 e. The summed E-state index contributed by atoms with van der Waals surface area (Å²) in [5.41, 5.74) is -0.0884. The molecule has 1 N–H and O–H groups in total. The molecule has 1 heterocycles. The quantitative estimate of drug-likeness (QED) is 0.845. The summed E-state index contributed by atoms with van der Waals surface area (Å²) < 4.78 is 49.1. The van der Waals surface area contributed by atoms with Gasteiger partial charge in [0.1, 0.15) is 0 Å². The van der Waals surface area contributed by atoms with Crippen molar-refractivity contribution in [3.05, 3.63) is 35.4 Å². The molecule has 4 nitrogen and oxygen atoms in total. The second-order valence-electron chi connectivity index (χ2n) is 4.66. The molecule has 20 heavy (non-hydrogen) atoms. The van der Waals surface area contributed by atoms with Crippen molar-refractivity contribution < 1.29 is 22.0 Å². The fourth-order valence-corrected chi connectivity index (χ4v) is 4.60. The first-order valence-corrected chi connectivity index (χ1v) is 8.11. The van der Waals surface area contributed by atoms with Crippen LogP contribution in [0.5, 0.6) is 0 Å². The number of hydrogen-bond donors (Lipinski definition) is 1. The van der Waals surface area contributed by atoms with Crippen LogP contribution in [0.2, 0.25) is 0 Å². The van der Waals surface area contributed by atoms with Gasteiger partial charge in [0, 0.05) is 5.56 Å². The van der Waals surface area contributed by atoms with E-state index in [1.807, 2.05) is 0 Å². The molecule has 0 saturated carbocycles. The van der Waals surface area contributed by atoms with Crippen LogP contribution in [-0.2, 0) is 21.1 Å². The molecule has 0 aliphatic carbocycles. The minimum absolute atomic E-state index is 0.0884. The standard InChI is InChI=1S/C12H12ClF2NO3S/c13-8-5-20(18,19)6-10(8)16-11(17)4-7-2-1-3-9(14)12(7)15/h1-3,8,10H,4-6H2,(H,16,17). The summed E-state index contributed by atoms with van der Waals surface area (Å²) in [5, 5.41) is 1.73. The molecule has 1 aliphatic heterocycles. The number of carbonyl (C=O) groups excluding carboxylic acids is 1. The number of sulfone groups is 1. The van der Waals surface area contributed by atoms with Crippen LogP contribution in [0, 0.1) is 11.6 Å². The number of nitrogens with one attached hydrogen (secondary N) is 1. The summed E-state index contributed by atoms with van der Waals surface area (Å²) in [6.07, 6.45) is -0.371. The van der Waals surface area contributed by atoms with E-state index in [2.05, 4.69) is 5.32 Å². The van der Waals surface area contributed by atoms with Crippen molar-refractivity contribution in [1.82, 2.24) is 5.32 Å². The lowest BCUT2D eigenvalue weighted by atomic mass is 10.1. The molecule has 0 bridgehead atoms. The zero-order chi connectivity index (χ0) is 14.9. The zero-order valence-corrected chi connectivity index (χ0v) is 11.8. The lowest BCUT2D eigenvalue weighted by Crippen LogP contribution is -2.41. The molecule has 0 radical (unpaired) electrons. The lowest BCUT2D eigenvalue weighted by Gasteiger charge is -2.14. The largest absolute Gasteiger partial charge is 0.351 e. The molecule has 0 spiro atoms. The van der Waals surface area contributed by atoms with Crippen molar-refractivity contribution in [2.24, 2.45) is 0 Å². The maximum atomic E-state index is 13.4. The van der Waals surface area contributed by atoms with Crippen LogP contribution in [0.25, 0.3) is 0 Å². The summed E-state index contributed by atoms with van der Waals surface area (Å²) in [6, 6.07) is 2.84. The molecule has 1 aliphatic rings. The van der Waals surface area contributed by atoms with Crippen molar-refractivity contribution in [3.8, 4) is 0 Å². The topological polar surface area (TPSA) is 63.2 Å². The Bertz CT molecular complexity index is 636. The first kappa shape index (κ1) is 15.2. The molecule has 2 rings (SSSR count). The van der Waals surface area contributed by atoms with E-state index in [-0.39, 0.29) is 23.5 Å². The number of rotatable bonds is 3. The minimum atomic E-state index is -3.26. The summed E-state index contributed by atoms with van der Waals surface area (Å²) in [4.78, 5) is 11.7. The van der Waals surface area contributed by atoms with Gasteiger partial charge in [-0.15, -0.1) is 11.6 Å². The summed E-state index contributed by atoms with van der Waals surface area (Å²) in [6.45, 7) is 0. The van der Waals surface area contributed by atoms with E-state index in [4.69, 9.17) is 11.6 Å². The molecular weight excluding hydrogens is 312 g/mol. The lowest BCUT2D eigenvalue weighted by molar-refractivity contribution is -0.121. The number of carbonyl (C=O) groups is 1. The third-order valence-corrected chi connectivity index (χ3v) is 5.39. The molecule has 1 aromatic carbocycles. The SMILES string of the molecule is O=C(Cc1cccc(F)c1F)NC1CS(=O)(=O)CC1Cl. The second kappa shape index (κ2) is 5.65. The van der Waals surface area contributed by atoms with Gasteiger partial charge >= 0.3 is 0 Å². The zero-order valence-electron chi connectivity index (χ0n) is 10.3. The number of benzene rings is 1.